The number of ether oxygens (including phenoxy) is 1. The third kappa shape index (κ3) is 5.44. The average Bonchev–Trinajstić information content (AvgIpc) is 3.07. The third-order valence-electron chi connectivity index (χ3n) is 4.95. The van der Waals surface area contributed by atoms with E-state index in [-0.39, 0.29) is 18.1 Å². The summed E-state index contributed by atoms with van der Waals surface area (Å²) in [5.74, 6) is -0.598. The van der Waals surface area contributed by atoms with Crippen LogP contribution < -0.4 is 4.74 Å². The highest BCUT2D eigenvalue weighted by molar-refractivity contribution is 8.18. The topological polar surface area (TPSA) is 79.2 Å². The number of hydrogen-bond donors (Lipinski definition) is 1. The Morgan fingerprint density at radius 3 is 2.56 bits per heavy atom. The van der Waals surface area contributed by atoms with Crippen molar-refractivity contribution in [3.63, 3.8) is 0 Å². The van der Waals surface area contributed by atoms with E-state index in [2.05, 4.69) is 4.99 Å². The number of carbonyl (C=O) groups is 2. The molecule has 3 aromatic rings. The van der Waals surface area contributed by atoms with Gasteiger partial charge in [0.1, 0.15) is 12.4 Å². The van der Waals surface area contributed by atoms with E-state index >= 15 is 0 Å². The van der Waals surface area contributed by atoms with Crippen LogP contribution in [0.1, 0.15) is 21.5 Å². The van der Waals surface area contributed by atoms with Crippen molar-refractivity contribution in [2.24, 2.45) is 4.99 Å². The van der Waals surface area contributed by atoms with Crippen LogP contribution in [0.25, 0.3) is 6.08 Å². The molecule has 1 heterocycles. The van der Waals surface area contributed by atoms with Gasteiger partial charge in [-0.25, -0.2) is 9.79 Å². The number of rotatable bonds is 6. The zero-order chi connectivity index (χ0) is 24.2. The molecule has 1 saturated heterocycles. The fraction of sp³-hybridized carbons (Fsp3) is 0.0800. The lowest BCUT2D eigenvalue weighted by Crippen LogP contribution is -2.23. The maximum absolute atomic E-state index is 12.8. The molecule has 0 atom stereocenters. The molecule has 1 fully saturated rings. The SMILES string of the molecule is CN1C(=O)C(=Cc2ccccc2OCc2ccc(Cl)cc2Cl)SC1=Nc1ccc(C(=O)O)cc1. The van der Waals surface area contributed by atoms with Gasteiger partial charge in [-0.15, -0.1) is 0 Å². The van der Waals surface area contributed by atoms with Gasteiger partial charge in [0.15, 0.2) is 5.17 Å². The second-order valence-corrected chi connectivity index (χ2v) is 9.14. The maximum atomic E-state index is 12.8. The predicted molar refractivity (Wildman–Crippen MR) is 136 cm³/mol. The van der Waals surface area contributed by atoms with E-state index in [1.165, 1.54) is 28.8 Å². The maximum Gasteiger partial charge on any atom is 0.335 e. The average molecular weight is 513 g/mol. The number of nitrogens with zero attached hydrogens (tertiary/aromatic N) is 2. The molecule has 1 aliphatic rings. The second-order valence-electron chi connectivity index (χ2n) is 7.28. The Labute approximate surface area is 210 Å². The van der Waals surface area contributed by atoms with Crippen LogP contribution >= 0.6 is 35.0 Å². The monoisotopic (exact) mass is 512 g/mol. The minimum absolute atomic E-state index is 0.171. The number of thioether (sulfide) groups is 1. The van der Waals surface area contributed by atoms with E-state index in [0.717, 1.165) is 11.1 Å². The number of halogens is 2. The van der Waals surface area contributed by atoms with Crippen LogP contribution in [0.15, 0.2) is 76.6 Å². The minimum Gasteiger partial charge on any atom is -0.488 e. The highest BCUT2D eigenvalue weighted by atomic mass is 35.5. The molecule has 6 nitrogen and oxygen atoms in total. The van der Waals surface area contributed by atoms with Gasteiger partial charge >= 0.3 is 5.97 Å². The fourth-order valence-electron chi connectivity index (χ4n) is 3.11. The van der Waals surface area contributed by atoms with Gasteiger partial charge in [0, 0.05) is 28.2 Å². The van der Waals surface area contributed by atoms with Crippen molar-refractivity contribution in [3.05, 3.63) is 98.4 Å². The molecule has 3 aromatic carbocycles. The van der Waals surface area contributed by atoms with Crippen molar-refractivity contribution in [3.8, 4) is 5.75 Å². The molecule has 1 N–H and O–H groups in total. The standard InChI is InChI=1S/C25H18Cl2N2O4S/c1-29-23(30)22(34-25(29)28-19-10-7-15(8-11-19)24(31)32)12-16-4-2-3-5-21(16)33-14-17-6-9-18(26)13-20(17)27/h2-13H,14H2,1H3,(H,31,32). The van der Waals surface area contributed by atoms with E-state index in [1.54, 1.807) is 37.4 Å². The first-order valence-electron chi connectivity index (χ1n) is 10.1. The molecule has 1 amide bonds. The van der Waals surface area contributed by atoms with Gasteiger partial charge in [0.2, 0.25) is 0 Å². The first-order valence-corrected chi connectivity index (χ1v) is 11.6. The van der Waals surface area contributed by atoms with Crippen LogP contribution in [-0.4, -0.2) is 34.1 Å². The number of benzene rings is 3. The number of carbonyl (C=O) groups excluding carboxylic acids is 1. The predicted octanol–water partition coefficient (Wildman–Crippen LogP) is 6.50. The van der Waals surface area contributed by atoms with Crippen molar-refractivity contribution in [2.45, 2.75) is 6.61 Å². The van der Waals surface area contributed by atoms with E-state index in [4.69, 9.17) is 33.0 Å². The number of hydrogen-bond acceptors (Lipinski definition) is 5. The van der Waals surface area contributed by atoms with Gasteiger partial charge < -0.3 is 9.84 Å². The van der Waals surface area contributed by atoms with Crippen molar-refractivity contribution >= 4 is 63.8 Å². The lowest BCUT2D eigenvalue weighted by molar-refractivity contribution is -0.121. The first kappa shape index (κ1) is 23.9. The van der Waals surface area contributed by atoms with Crippen LogP contribution in [-0.2, 0) is 11.4 Å². The molecule has 1 aliphatic heterocycles. The van der Waals surface area contributed by atoms with Crippen molar-refractivity contribution in [1.82, 2.24) is 4.90 Å². The van der Waals surface area contributed by atoms with Crippen LogP contribution in [0.5, 0.6) is 5.75 Å². The summed E-state index contributed by atoms with van der Waals surface area (Å²) < 4.78 is 5.98. The molecule has 0 spiro atoms. The van der Waals surface area contributed by atoms with Crippen LogP contribution in [0.2, 0.25) is 10.0 Å². The quantitative estimate of drug-likeness (QED) is 0.381. The Hall–Kier alpha value is -3.26. The lowest BCUT2D eigenvalue weighted by atomic mass is 10.1. The van der Waals surface area contributed by atoms with Gasteiger partial charge in [-0.1, -0.05) is 47.5 Å². The highest BCUT2D eigenvalue weighted by Crippen LogP contribution is 2.35. The summed E-state index contributed by atoms with van der Waals surface area (Å²) in [7, 11) is 1.64. The summed E-state index contributed by atoms with van der Waals surface area (Å²) in [6.45, 7) is 0.246. The molecule has 0 bridgehead atoms. The molecule has 172 valence electrons. The summed E-state index contributed by atoms with van der Waals surface area (Å²) in [6, 6.07) is 18.8. The summed E-state index contributed by atoms with van der Waals surface area (Å²) in [5, 5.41) is 10.6. The Kier molecular flexibility index (Phi) is 7.26. The number of amides is 1. The Morgan fingerprint density at radius 2 is 1.85 bits per heavy atom. The van der Waals surface area contributed by atoms with E-state index in [0.29, 0.717) is 31.6 Å². The number of aromatic carboxylic acids is 1. The molecule has 4 rings (SSSR count). The molecule has 0 aromatic heterocycles. The number of para-hydroxylation sites is 1. The van der Waals surface area contributed by atoms with Gasteiger partial charge in [-0.05, 0) is 60.3 Å². The van der Waals surface area contributed by atoms with Crippen molar-refractivity contribution < 1.29 is 19.4 Å². The number of carboxylic acid groups (broad SMARTS) is 1. The zero-order valence-electron chi connectivity index (χ0n) is 17.9. The van der Waals surface area contributed by atoms with Crippen molar-refractivity contribution in [1.29, 1.82) is 0 Å². The fourth-order valence-corrected chi connectivity index (χ4v) is 4.55. The Morgan fingerprint density at radius 1 is 1.12 bits per heavy atom. The molecule has 0 aliphatic carbocycles. The lowest BCUT2D eigenvalue weighted by Gasteiger charge is -2.11. The van der Waals surface area contributed by atoms with E-state index in [9.17, 15) is 9.59 Å². The molecule has 0 unspecified atom stereocenters. The molecule has 9 heteroatoms. The molecule has 0 radical (unpaired) electrons. The third-order valence-corrected chi connectivity index (χ3v) is 6.59. The largest absolute Gasteiger partial charge is 0.488 e. The molecular weight excluding hydrogens is 495 g/mol. The van der Waals surface area contributed by atoms with Crippen LogP contribution in [0, 0.1) is 0 Å². The first-order chi connectivity index (χ1) is 16.3. The minimum atomic E-state index is -1.01. The Balaban J connectivity index is 1.55. The zero-order valence-corrected chi connectivity index (χ0v) is 20.2. The normalized spacial score (nSPS) is 15.9. The number of likely N-dealkylation sites (N-methyl/N-ethyl adjacent to an activating group) is 1. The second kappa shape index (κ2) is 10.3. The smallest absolute Gasteiger partial charge is 0.335 e. The van der Waals surface area contributed by atoms with Crippen LogP contribution in [0.4, 0.5) is 5.69 Å². The number of amidine groups is 1. The summed E-state index contributed by atoms with van der Waals surface area (Å²) in [4.78, 5) is 30.3. The van der Waals surface area contributed by atoms with Gasteiger partial charge in [-0.2, -0.15) is 0 Å². The van der Waals surface area contributed by atoms with Gasteiger partial charge in [-0.3, -0.25) is 9.69 Å². The molecule has 34 heavy (non-hydrogen) atoms. The van der Waals surface area contributed by atoms with Gasteiger partial charge in [0.05, 0.1) is 16.2 Å². The van der Waals surface area contributed by atoms with E-state index < -0.39 is 5.97 Å². The number of aliphatic imine (C=N–C) groups is 1. The van der Waals surface area contributed by atoms with Gasteiger partial charge in [0.25, 0.3) is 5.91 Å². The van der Waals surface area contributed by atoms with Crippen LogP contribution in [0.3, 0.4) is 0 Å². The highest BCUT2D eigenvalue weighted by Gasteiger charge is 2.30. The Bertz CT molecular complexity index is 1320. The summed E-state index contributed by atoms with van der Waals surface area (Å²) in [5.41, 5.74) is 2.26. The number of carboxylic acids is 1. The molecule has 0 saturated carbocycles. The summed E-state index contributed by atoms with van der Waals surface area (Å²) in [6.07, 6.45) is 1.76. The van der Waals surface area contributed by atoms with E-state index in [1.807, 2.05) is 30.3 Å². The van der Waals surface area contributed by atoms with Crippen molar-refractivity contribution in [2.75, 3.05) is 7.05 Å². The summed E-state index contributed by atoms with van der Waals surface area (Å²) >= 11 is 13.4. The molecular formula is C25H18Cl2N2O4S.